The first-order valence-electron chi connectivity index (χ1n) is 8.03. The SMILES string of the molecule is COc1ccc(C(=O)CCCC(=O)N[C@@H](CC(C)C)C(=O)O)cc1. The lowest BCUT2D eigenvalue weighted by Crippen LogP contribution is -2.41. The number of methoxy groups -OCH3 is 1. The van der Waals surface area contributed by atoms with Gasteiger partial charge in [0.1, 0.15) is 11.8 Å². The van der Waals surface area contributed by atoms with Crippen LogP contribution in [-0.2, 0) is 9.59 Å². The van der Waals surface area contributed by atoms with Crippen LogP contribution in [0.3, 0.4) is 0 Å². The van der Waals surface area contributed by atoms with Crippen molar-refractivity contribution in [1.82, 2.24) is 5.32 Å². The van der Waals surface area contributed by atoms with Crippen LogP contribution in [0, 0.1) is 5.92 Å². The van der Waals surface area contributed by atoms with Crippen LogP contribution < -0.4 is 10.1 Å². The highest BCUT2D eigenvalue weighted by Crippen LogP contribution is 2.14. The van der Waals surface area contributed by atoms with E-state index < -0.39 is 12.0 Å². The Bertz CT molecular complexity index is 565. The number of Topliss-reactive ketones (excluding diaryl/α,β-unsaturated/α-hetero) is 1. The molecule has 0 spiro atoms. The molecule has 0 aliphatic heterocycles. The van der Waals surface area contributed by atoms with Crippen molar-refractivity contribution < 1.29 is 24.2 Å². The average molecular weight is 335 g/mol. The van der Waals surface area contributed by atoms with E-state index in [2.05, 4.69) is 5.32 Å². The van der Waals surface area contributed by atoms with Crippen LogP contribution in [0.4, 0.5) is 0 Å². The molecule has 0 saturated carbocycles. The van der Waals surface area contributed by atoms with Gasteiger partial charge in [-0.3, -0.25) is 9.59 Å². The second-order valence-corrected chi connectivity index (χ2v) is 6.09. The summed E-state index contributed by atoms with van der Waals surface area (Å²) in [6.07, 6.45) is 1.13. The molecular formula is C18H25NO5. The summed E-state index contributed by atoms with van der Waals surface area (Å²) in [5.41, 5.74) is 0.569. The van der Waals surface area contributed by atoms with Gasteiger partial charge in [0.15, 0.2) is 5.78 Å². The summed E-state index contributed by atoms with van der Waals surface area (Å²) >= 11 is 0. The Hall–Kier alpha value is -2.37. The lowest BCUT2D eigenvalue weighted by atomic mass is 10.0. The molecule has 0 bridgehead atoms. The molecule has 0 aliphatic carbocycles. The zero-order valence-corrected chi connectivity index (χ0v) is 14.4. The van der Waals surface area contributed by atoms with Gasteiger partial charge in [-0.25, -0.2) is 4.79 Å². The van der Waals surface area contributed by atoms with E-state index >= 15 is 0 Å². The maximum Gasteiger partial charge on any atom is 0.326 e. The van der Waals surface area contributed by atoms with Crippen LogP contribution in [0.1, 0.15) is 49.9 Å². The van der Waals surface area contributed by atoms with Crippen molar-refractivity contribution in [3.63, 3.8) is 0 Å². The molecule has 0 fully saturated rings. The zero-order valence-electron chi connectivity index (χ0n) is 14.4. The molecule has 6 nitrogen and oxygen atoms in total. The smallest absolute Gasteiger partial charge is 0.326 e. The predicted molar refractivity (Wildman–Crippen MR) is 90.2 cm³/mol. The minimum Gasteiger partial charge on any atom is -0.497 e. The number of amides is 1. The summed E-state index contributed by atoms with van der Waals surface area (Å²) < 4.78 is 5.03. The van der Waals surface area contributed by atoms with E-state index in [0.29, 0.717) is 24.2 Å². The molecule has 1 atom stereocenters. The van der Waals surface area contributed by atoms with Crippen molar-refractivity contribution in [2.45, 2.75) is 45.6 Å². The van der Waals surface area contributed by atoms with Gasteiger partial charge in [0.2, 0.25) is 5.91 Å². The minimum absolute atomic E-state index is 0.0533. The molecule has 1 rings (SSSR count). The third-order valence-electron chi connectivity index (χ3n) is 3.56. The largest absolute Gasteiger partial charge is 0.497 e. The lowest BCUT2D eigenvalue weighted by Gasteiger charge is -2.16. The summed E-state index contributed by atoms with van der Waals surface area (Å²) in [5.74, 6) is -0.585. The van der Waals surface area contributed by atoms with E-state index in [9.17, 15) is 14.4 Å². The summed E-state index contributed by atoms with van der Waals surface area (Å²) in [6.45, 7) is 3.80. The Balaban J connectivity index is 2.40. The van der Waals surface area contributed by atoms with E-state index in [1.165, 1.54) is 0 Å². The molecule has 24 heavy (non-hydrogen) atoms. The Morgan fingerprint density at radius 2 is 1.75 bits per heavy atom. The molecule has 1 aromatic rings. The van der Waals surface area contributed by atoms with E-state index in [1.807, 2.05) is 13.8 Å². The molecule has 132 valence electrons. The van der Waals surface area contributed by atoms with E-state index in [-0.39, 0.29) is 30.4 Å². The number of ketones is 1. The number of benzene rings is 1. The van der Waals surface area contributed by atoms with E-state index in [4.69, 9.17) is 9.84 Å². The van der Waals surface area contributed by atoms with Crippen molar-refractivity contribution in [1.29, 1.82) is 0 Å². The van der Waals surface area contributed by atoms with Gasteiger partial charge in [0.25, 0.3) is 0 Å². The second-order valence-electron chi connectivity index (χ2n) is 6.09. The Labute approximate surface area is 142 Å². The number of carbonyl (C=O) groups is 3. The van der Waals surface area contributed by atoms with Gasteiger partial charge in [-0.05, 0) is 43.0 Å². The number of ether oxygens (including phenoxy) is 1. The van der Waals surface area contributed by atoms with Crippen molar-refractivity contribution in [2.75, 3.05) is 7.11 Å². The van der Waals surface area contributed by atoms with Gasteiger partial charge < -0.3 is 15.2 Å². The van der Waals surface area contributed by atoms with Crippen LogP contribution in [0.25, 0.3) is 0 Å². The first-order chi connectivity index (χ1) is 11.3. The maximum atomic E-state index is 12.0. The van der Waals surface area contributed by atoms with E-state index in [0.717, 1.165) is 0 Å². The summed E-state index contributed by atoms with van der Waals surface area (Å²) in [7, 11) is 1.55. The number of carboxylic acid groups (broad SMARTS) is 1. The van der Waals surface area contributed by atoms with Crippen LogP contribution in [0.15, 0.2) is 24.3 Å². The van der Waals surface area contributed by atoms with Crippen molar-refractivity contribution in [2.24, 2.45) is 5.92 Å². The summed E-state index contributed by atoms with van der Waals surface area (Å²) in [4.78, 5) is 35.0. The van der Waals surface area contributed by atoms with Crippen LogP contribution >= 0.6 is 0 Å². The standard InChI is InChI=1S/C18H25NO5/c1-12(2)11-15(18(22)23)19-17(21)6-4-5-16(20)13-7-9-14(24-3)10-8-13/h7-10,12,15H,4-6,11H2,1-3H3,(H,19,21)(H,22,23)/t15-/m0/s1. The number of hydrogen-bond donors (Lipinski definition) is 2. The van der Waals surface area contributed by atoms with Gasteiger partial charge in [-0.1, -0.05) is 13.8 Å². The number of rotatable bonds is 10. The van der Waals surface area contributed by atoms with Gasteiger partial charge in [0.05, 0.1) is 7.11 Å². The summed E-state index contributed by atoms with van der Waals surface area (Å²) in [6, 6.07) is 5.91. The Morgan fingerprint density at radius 3 is 2.25 bits per heavy atom. The van der Waals surface area contributed by atoms with Crippen LogP contribution in [0.2, 0.25) is 0 Å². The molecule has 6 heteroatoms. The third kappa shape index (κ3) is 6.81. The molecule has 0 aliphatic rings. The predicted octanol–water partition coefficient (Wildman–Crippen LogP) is 2.66. The fourth-order valence-electron chi connectivity index (χ4n) is 2.29. The molecule has 0 unspecified atom stereocenters. The fourth-order valence-corrected chi connectivity index (χ4v) is 2.29. The topological polar surface area (TPSA) is 92.7 Å². The number of carbonyl (C=O) groups excluding carboxylic acids is 2. The lowest BCUT2D eigenvalue weighted by molar-refractivity contribution is -0.142. The quantitative estimate of drug-likeness (QED) is 0.641. The van der Waals surface area contributed by atoms with Crippen molar-refractivity contribution in [3.05, 3.63) is 29.8 Å². The highest BCUT2D eigenvalue weighted by atomic mass is 16.5. The Morgan fingerprint density at radius 1 is 1.12 bits per heavy atom. The van der Waals surface area contributed by atoms with E-state index in [1.54, 1.807) is 31.4 Å². The normalized spacial score (nSPS) is 11.8. The third-order valence-corrected chi connectivity index (χ3v) is 3.56. The molecular weight excluding hydrogens is 310 g/mol. The van der Waals surface area contributed by atoms with Gasteiger partial charge in [-0.2, -0.15) is 0 Å². The zero-order chi connectivity index (χ0) is 18.1. The number of nitrogens with one attached hydrogen (secondary N) is 1. The maximum absolute atomic E-state index is 12.0. The van der Waals surface area contributed by atoms with Gasteiger partial charge >= 0.3 is 5.97 Å². The molecule has 0 radical (unpaired) electrons. The molecule has 1 amide bonds. The molecule has 0 saturated heterocycles. The molecule has 1 aromatic carbocycles. The van der Waals surface area contributed by atoms with Crippen LogP contribution in [-0.4, -0.2) is 35.9 Å². The highest BCUT2D eigenvalue weighted by molar-refractivity contribution is 5.96. The molecule has 0 heterocycles. The number of carboxylic acids is 1. The van der Waals surface area contributed by atoms with Crippen molar-refractivity contribution in [3.8, 4) is 5.75 Å². The second kappa shape index (κ2) is 9.70. The fraction of sp³-hybridized carbons (Fsp3) is 0.500. The molecule has 2 N–H and O–H groups in total. The monoisotopic (exact) mass is 335 g/mol. The average Bonchev–Trinajstić information content (AvgIpc) is 2.53. The highest BCUT2D eigenvalue weighted by Gasteiger charge is 2.20. The van der Waals surface area contributed by atoms with Gasteiger partial charge in [-0.15, -0.1) is 0 Å². The Kier molecular flexibility index (Phi) is 7.95. The first kappa shape index (κ1) is 19.7. The van der Waals surface area contributed by atoms with Crippen LogP contribution in [0.5, 0.6) is 5.75 Å². The minimum atomic E-state index is -1.04. The number of aliphatic carboxylic acids is 1. The first-order valence-corrected chi connectivity index (χ1v) is 8.03. The van der Waals surface area contributed by atoms with Crippen molar-refractivity contribution >= 4 is 17.7 Å². The molecule has 0 aromatic heterocycles. The summed E-state index contributed by atoms with van der Waals surface area (Å²) in [5, 5.41) is 11.6. The number of hydrogen-bond acceptors (Lipinski definition) is 4. The van der Waals surface area contributed by atoms with Gasteiger partial charge in [0, 0.05) is 18.4 Å².